The number of aromatic nitrogens is 5. The SMILES string of the molecule is Cc1ccc(-c2nc(CSc3nc4ccccc4c4nc(C)nn34)co2)cc1. The first kappa shape index (κ1) is 16.9. The van der Waals surface area contributed by atoms with Crippen molar-refractivity contribution in [1.82, 2.24) is 24.6 Å². The second-order valence-corrected chi connectivity index (χ2v) is 7.55. The molecule has 3 heterocycles. The van der Waals surface area contributed by atoms with Gasteiger partial charge in [-0.05, 0) is 38.1 Å². The Hall–Kier alpha value is -3.19. The number of oxazole rings is 1. The van der Waals surface area contributed by atoms with Crippen LogP contribution in [0, 0.1) is 13.8 Å². The van der Waals surface area contributed by atoms with Gasteiger partial charge in [-0.3, -0.25) is 0 Å². The molecule has 138 valence electrons. The highest BCUT2D eigenvalue weighted by atomic mass is 32.2. The summed E-state index contributed by atoms with van der Waals surface area (Å²) in [7, 11) is 0. The first-order valence-corrected chi connectivity index (χ1v) is 9.92. The predicted molar refractivity (Wildman–Crippen MR) is 109 cm³/mol. The van der Waals surface area contributed by atoms with E-state index in [0.717, 1.165) is 38.8 Å². The Bertz CT molecular complexity index is 1290. The highest BCUT2D eigenvalue weighted by Gasteiger charge is 2.14. The Labute approximate surface area is 165 Å². The van der Waals surface area contributed by atoms with Crippen LogP contribution < -0.4 is 0 Å². The quantitative estimate of drug-likeness (QED) is 0.325. The fourth-order valence-corrected chi connectivity index (χ4v) is 3.89. The standard InChI is InChI=1S/C21H17N5OS/c1-13-7-9-15(10-8-13)20-23-16(11-27-20)12-28-21-24-18-6-4-3-5-17(18)19-22-14(2)25-26(19)21/h3-11H,12H2,1-2H3. The van der Waals surface area contributed by atoms with Gasteiger partial charge in [0, 0.05) is 16.7 Å². The molecule has 0 amide bonds. The van der Waals surface area contributed by atoms with Crippen LogP contribution >= 0.6 is 11.8 Å². The van der Waals surface area contributed by atoms with Gasteiger partial charge in [0.1, 0.15) is 12.1 Å². The van der Waals surface area contributed by atoms with E-state index in [0.29, 0.717) is 11.6 Å². The molecule has 0 saturated carbocycles. The van der Waals surface area contributed by atoms with E-state index in [1.165, 1.54) is 5.56 Å². The monoisotopic (exact) mass is 387 g/mol. The third kappa shape index (κ3) is 3.03. The van der Waals surface area contributed by atoms with Crippen molar-refractivity contribution in [3.63, 3.8) is 0 Å². The fourth-order valence-electron chi connectivity index (χ4n) is 3.07. The van der Waals surface area contributed by atoms with E-state index in [2.05, 4.69) is 34.1 Å². The third-order valence-corrected chi connectivity index (χ3v) is 5.42. The highest BCUT2D eigenvalue weighted by Crippen LogP contribution is 2.27. The van der Waals surface area contributed by atoms with Crippen molar-refractivity contribution < 1.29 is 4.42 Å². The lowest BCUT2D eigenvalue weighted by Gasteiger charge is -2.05. The molecule has 0 unspecified atom stereocenters. The van der Waals surface area contributed by atoms with Crippen LogP contribution in [0.3, 0.4) is 0 Å². The van der Waals surface area contributed by atoms with Crippen molar-refractivity contribution in [2.24, 2.45) is 0 Å². The minimum atomic E-state index is 0.629. The van der Waals surface area contributed by atoms with Gasteiger partial charge in [0.15, 0.2) is 10.8 Å². The number of nitrogens with zero attached hydrogens (tertiary/aromatic N) is 5. The van der Waals surface area contributed by atoms with Crippen molar-refractivity contribution in [2.75, 3.05) is 0 Å². The third-order valence-electron chi connectivity index (χ3n) is 4.45. The number of benzene rings is 2. The summed E-state index contributed by atoms with van der Waals surface area (Å²) in [5.41, 5.74) is 4.78. The van der Waals surface area contributed by atoms with E-state index in [4.69, 9.17) is 9.40 Å². The van der Waals surface area contributed by atoms with Crippen LogP contribution in [0.15, 0.2) is 64.4 Å². The highest BCUT2D eigenvalue weighted by molar-refractivity contribution is 7.98. The molecular weight excluding hydrogens is 370 g/mol. The smallest absolute Gasteiger partial charge is 0.226 e. The molecule has 5 aromatic rings. The van der Waals surface area contributed by atoms with Crippen LogP contribution in [0.4, 0.5) is 0 Å². The zero-order valence-corrected chi connectivity index (χ0v) is 16.3. The predicted octanol–water partition coefficient (Wildman–Crippen LogP) is 4.84. The molecule has 3 aromatic heterocycles. The first-order valence-electron chi connectivity index (χ1n) is 8.94. The van der Waals surface area contributed by atoms with Gasteiger partial charge in [-0.25, -0.2) is 15.0 Å². The molecule has 0 aliphatic carbocycles. The Morgan fingerprint density at radius 1 is 0.964 bits per heavy atom. The van der Waals surface area contributed by atoms with Crippen LogP contribution in [0.5, 0.6) is 0 Å². The van der Waals surface area contributed by atoms with Crippen molar-refractivity contribution in [2.45, 2.75) is 24.8 Å². The number of thioether (sulfide) groups is 1. The molecule has 28 heavy (non-hydrogen) atoms. The molecule has 6 nitrogen and oxygen atoms in total. The van der Waals surface area contributed by atoms with Gasteiger partial charge in [0.2, 0.25) is 5.89 Å². The average molecular weight is 387 g/mol. The molecule has 0 spiro atoms. The van der Waals surface area contributed by atoms with Gasteiger partial charge in [-0.2, -0.15) is 4.52 Å². The number of hydrogen-bond acceptors (Lipinski definition) is 6. The van der Waals surface area contributed by atoms with E-state index in [1.807, 2.05) is 47.8 Å². The number of aryl methyl sites for hydroxylation is 2. The summed E-state index contributed by atoms with van der Waals surface area (Å²) in [6, 6.07) is 16.1. The largest absolute Gasteiger partial charge is 0.444 e. The van der Waals surface area contributed by atoms with Crippen LogP contribution in [0.2, 0.25) is 0 Å². The Kier molecular flexibility index (Phi) is 4.09. The molecular formula is C21H17N5OS. The van der Waals surface area contributed by atoms with Crippen molar-refractivity contribution in [1.29, 1.82) is 0 Å². The van der Waals surface area contributed by atoms with Crippen molar-refractivity contribution in [3.8, 4) is 11.5 Å². The van der Waals surface area contributed by atoms with Crippen LogP contribution in [0.1, 0.15) is 17.1 Å². The Balaban J connectivity index is 1.45. The van der Waals surface area contributed by atoms with Crippen LogP contribution in [0.25, 0.3) is 28.0 Å². The fraction of sp³-hybridized carbons (Fsp3) is 0.143. The lowest BCUT2D eigenvalue weighted by Crippen LogP contribution is -1.98. The summed E-state index contributed by atoms with van der Waals surface area (Å²) in [6.07, 6.45) is 1.70. The molecule has 0 aliphatic rings. The Morgan fingerprint density at radius 3 is 2.64 bits per heavy atom. The van der Waals surface area contributed by atoms with Crippen molar-refractivity contribution in [3.05, 3.63) is 71.9 Å². The van der Waals surface area contributed by atoms with Crippen LogP contribution in [-0.2, 0) is 5.75 Å². The minimum Gasteiger partial charge on any atom is -0.444 e. The normalized spacial score (nSPS) is 11.5. The molecule has 2 aromatic carbocycles. The maximum Gasteiger partial charge on any atom is 0.226 e. The molecule has 0 aliphatic heterocycles. The summed E-state index contributed by atoms with van der Waals surface area (Å²) in [5, 5.41) is 6.30. The zero-order chi connectivity index (χ0) is 19.1. The molecule has 7 heteroatoms. The van der Waals surface area contributed by atoms with E-state index in [9.17, 15) is 0 Å². The van der Waals surface area contributed by atoms with Gasteiger partial charge < -0.3 is 4.42 Å². The lowest BCUT2D eigenvalue weighted by molar-refractivity contribution is 0.573. The van der Waals surface area contributed by atoms with Crippen LogP contribution in [-0.4, -0.2) is 24.6 Å². The number of hydrogen-bond donors (Lipinski definition) is 0. The topological polar surface area (TPSA) is 69.1 Å². The summed E-state index contributed by atoms with van der Waals surface area (Å²) >= 11 is 1.57. The van der Waals surface area contributed by atoms with E-state index in [1.54, 1.807) is 18.0 Å². The van der Waals surface area contributed by atoms with Gasteiger partial charge >= 0.3 is 0 Å². The van der Waals surface area contributed by atoms with Gasteiger partial charge in [-0.1, -0.05) is 41.6 Å². The van der Waals surface area contributed by atoms with Crippen molar-refractivity contribution >= 4 is 28.3 Å². The molecule has 5 rings (SSSR count). The summed E-state index contributed by atoms with van der Waals surface area (Å²) in [5.74, 6) is 1.99. The second kappa shape index (κ2) is 6.76. The molecule has 0 N–H and O–H groups in total. The van der Waals surface area contributed by atoms with Gasteiger partial charge in [0.05, 0.1) is 11.2 Å². The summed E-state index contributed by atoms with van der Waals surface area (Å²) in [6.45, 7) is 3.95. The maximum absolute atomic E-state index is 5.66. The second-order valence-electron chi connectivity index (χ2n) is 6.60. The summed E-state index contributed by atoms with van der Waals surface area (Å²) < 4.78 is 7.47. The summed E-state index contributed by atoms with van der Waals surface area (Å²) in [4.78, 5) is 14.0. The average Bonchev–Trinajstić information content (AvgIpc) is 3.33. The molecule has 0 fully saturated rings. The van der Waals surface area contributed by atoms with Gasteiger partial charge in [-0.15, -0.1) is 5.10 Å². The molecule has 0 atom stereocenters. The lowest BCUT2D eigenvalue weighted by atomic mass is 10.1. The van der Waals surface area contributed by atoms with E-state index < -0.39 is 0 Å². The minimum absolute atomic E-state index is 0.629. The van der Waals surface area contributed by atoms with E-state index >= 15 is 0 Å². The Morgan fingerprint density at radius 2 is 1.79 bits per heavy atom. The number of fused-ring (bicyclic) bond motifs is 3. The molecule has 0 saturated heterocycles. The first-order chi connectivity index (χ1) is 13.7. The zero-order valence-electron chi connectivity index (χ0n) is 15.5. The molecule has 0 bridgehead atoms. The maximum atomic E-state index is 5.66. The molecule has 0 radical (unpaired) electrons. The number of para-hydroxylation sites is 1. The van der Waals surface area contributed by atoms with E-state index in [-0.39, 0.29) is 0 Å². The number of rotatable bonds is 4. The van der Waals surface area contributed by atoms with Gasteiger partial charge in [0.25, 0.3) is 0 Å².